The highest BCUT2D eigenvalue weighted by Gasteiger charge is 2.34. The number of unbranched alkanes of at least 4 members (excludes halogenated alkanes) is 3. The van der Waals surface area contributed by atoms with Crippen LogP contribution in [-0.2, 0) is 48.2 Å². The molecule has 2 aliphatic heterocycles. The second-order valence-corrected chi connectivity index (χ2v) is 31.0. The minimum absolute atomic E-state index is 0.0633. The summed E-state index contributed by atoms with van der Waals surface area (Å²) in [6, 6.07) is 39.5. The standard InChI is InChI=1S/C70H75Cl4N7O11S4/c1-4-7-25-65(81-62-43-52(50-23-13-9-14-24-50)30-32-64(62)93-70(81)41-48(5-2)40-69-80(36-20-39-96(89,90)91)61-42-51(29-31-63(61)92-69)49-21-11-8-12-22-49)75-66(82)26-15-10-16-33-77-59-46-55(73)56(74)47-60(59)79(35-19-38-95(86,87)88)68(77)28-17-27-67-76(6-3)57-44-53(71)54(72)45-58(57)78(67)34-18-37-94(83,84)85/h8-9,11-14,17,21-24,27-32,40-47,65H,4-7,10,15-16,18-20,25-26,33-39H2,1-3H3,(H2-2,75,82,83,84,85,86,87,88,89,90,91)/p+2. The SMILES string of the molecule is CCCCC(NC(=O)CCCCCn1c(C=CC=C2N(CC)c3cc(Cl)c(Cl)cc3N2CCCS(=O)(=O)O)[n+](CCCS(=O)(=O)O)c2cc(Cl)c(Cl)cc21)[n+]1c(C=C(C=C2Oc3ccc(-c4ccccc4)cc3N2CCCS(=O)(=O)O)CC)sc2ccc(-c3ccccc3)cc21. The Balaban J connectivity index is 0.935. The zero-order valence-electron chi connectivity index (χ0n) is 53.4. The molecule has 0 saturated heterocycles. The van der Waals surface area contributed by atoms with E-state index in [1.165, 1.54) is 0 Å². The smallest absolute Gasteiger partial charge is 0.282 e. The summed E-state index contributed by atoms with van der Waals surface area (Å²) >= 11 is 28.1. The number of thiazole rings is 1. The number of nitrogens with one attached hydrogen (secondary N) is 1. The topological polar surface area (TPSA) is 224 Å². The largest absolute Gasteiger partial charge is 0.439 e. The predicted octanol–water partition coefficient (Wildman–Crippen LogP) is 16.0. The Hall–Kier alpha value is -6.80. The first-order valence-corrected chi connectivity index (χ1v) is 39.1. The van der Waals surface area contributed by atoms with Gasteiger partial charge in [-0.05, 0) is 116 Å². The molecule has 1 amide bonds. The number of rotatable bonds is 31. The molecule has 96 heavy (non-hydrogen) atoms. The molecule has 0 aliphatic carbocycles. The van der Waals surface area contributed by atoms with E-state index in [0.717, 1.165) is 67.3 Å². The van der Waals surface area contributed by atoms with Crippen molar-refractivity contribution in [1.82, 2.24) is 9.88 Å². The normalized spacial score (nSPS) is 14.9. The van der Waals surface area contributed by atoms with E-state index in [0.29, 0.717) is 100 Å². The molecule has 0 fully saturated rings. The molecule has 4 N–H and O–H groups in total. The average molecular weight is 1460 g/mol. The molecule has 18 nitrogen and oxygen atoms in total. The van der Waals surface area contributed by atoms with Crippen LogP contribution >= 0.6 is 57.7 Å². The zero-order valence-corrected chi connectivity index (χ0v) is 59.7. The first-order valence-electron chi connectivity index (χ1n) is 32.0. The molecule has 6 aromatic carbocycles. The molecule has 2 aliphatic rings. The summed E-state index contributed by atoms with van der Waals surface area (Å²) in [5.74, 6) is 0.982. The van der Waals surface area contributed by atoms with E-state index in [2.05, 4.69) is 64.7 Å². The number of imidazole rings is 1. The van der Waals surface area contributed by atoms with Crippen LogP contribution in [0.25, 0.3) is 55.7 Å². The molecule has 0 bridgehead atoms. The number of nitrogens with zero attached hydrogens (tertiary/aromatic N) is 6. The van der Waals surface area contributed by atoms with Gasteiger partial charge in [-0.3, -0.25) is 23.8 Å². The number of hydrogen-bond donors (Lipinski definition) is 4. The van der Waals surface area contributed by atoms with Gasteiger partial charge in [0.15, 0.2) is 16.8 Å². The van der Waals surface area contributed by atoms with Crippen molar-refractivity contribution in [2.45, 2.75) is 111 Å². The molecule has 1 atom stereocenters. The lowest BCUT2D eigenvalue weighted by molar-refractivity contribution is -0.700. The molecule has 0 radical (unpaired) electrons. The Labute approximate surface area is 585 Å². The van der Waals surface area contributed by atoms with Gasteiger partial charge >= 0.3 is 0 Å². The fourth-order valence-electron chi connectivity index (χ4n) is 12.3. The molecule has 0 spiro atoms. The minimum atomic E-state index is -4.31. The third-order valence-corrected chi connectivity index (χ3v) is 21.8. The van der Waals surface area contributed by atoms with Crippen molar-refractivity contribution >= 4 is 144 Å². The average Bonchev–Trinajstić information content (AvgIpc) is 1.63. The van der Waals surface area contributed by atoms with Crippen LogP contribution in [0, 0.1) is 0 Å². The van der Waals surface area contributed by atoms with Gasteiger partial charge in [0.1, 0.15) is 10.5 Å². The summed E-state index contributed by atoms with van der Waals surface area (Å²) in [5, 5.41) is 5.61. The Kier molecular flexibility index (Phi) is 23.8. The van der Waals surface area contributed by atoms with Crippen LogP contribution in [-0.4, -0.2) is 86.3 Å². The first-order chi connectivity index (χ1) is 45.9. The Bertz CT molecular complexity index is 4660. The van der Waals surface area contributed by atoms with Crippen molar-refractivity contribution < 1.29 is 57.6 Å². The Morgan fingerprint density at radius 2 is 1.23 bits per heavy atom. The molecule has 508 valence electrons. The predicted molar refractivity (Wildman–Crippen MR) is 388 cm³/mol. The molecule has 10 rings (SSSR count). The third kappa shape index (κ3) is 17.9. The van der Waals surface area contributed by atoms with E-state index in [1.54, 1.807) is 35.6 Å². The maximum Gasteiger partial charge on any atom is 0.282 e. The summed E-state index contributed by atoms with van der Waals surface area (Å²) in [4.78, 5) is 20.5. The van der Waals surface area contributed by atoms with Crippen molar-refractivity contribution in [2.24, 2.45) is 0 Å². The van der Waals surface area contributed by atoms with Crippen LogP contribution in [0.3, 0.4) is 0 Å². The fourth-order valence-corrected chi connectivity index (χ4v) is 15.6. The van der Waals surface area contributed by atoms with Gasteiger partial charge < -0.3 is 19.4 Å². The number of hydrogen-bond acceptors (Lipinski definition) is 12. The van der Waals surface area contributed by atoms with Crippen LogP contribution in [0.5, 0.6) is 5.75 Å². The maximum absolute atomic E-state index is 14.6. The van der Waals surface area contributed by atoms with E-state index in [-0.39, 0.29) is 56.2 Å². The van der Waals surface area contributed by atoms with E-state index in [4.69, 9.17) is 51.1 Å². The molecule has 1 unspecified atom stereocenters. The molecule has 26 heteroatoms. The van der Waals surface area contributed by atoms with E-state index >= 15 is 0 Å². The van der Waals surface area contributed by atoms with Crippen LogP contribution < -0.4 is 33.9 Å². The summed E-state index contributed by atoms with van der Waals surface area (Å²) in [7, 11) is -12.8. The van der Waals surface area contributed by atoms with E-state index in [1.807, 2.05) is 117 Å². The van der Waals surface area contributed by atoms with Crippen LogP contribution in [0.4, 0.5) is 17.1 Å². The number of allylic oxidation sites excluding steroid dienone is 4. The molecule has 2 aromatic heterocycles. The van der Waals surface area contributed by atoms with E-state index < -0.39 is 53.8 Å². The summed E-state index contributed by atoms with van der Waals surface area (Å²) in [6.07, 6.45) is 14.5. The summed E-state index contributed by atoms with van der Waals surface area (Å²) < 4.78 is 115. The molecule has 8 aromatic rings. The number of fused-ring (bicyclic) bond motifs is 4. The highest BCUT2D eigenvalue weighted by atomic mass is 35.5. The highest BCUT2D eigenvalue weighted by Crippen LogP contribution is 2.46. The molecule has 4 heterocycles. The molecular formula is C70H77Cl4N7O11S4+2. The maximum atomic E-state index is 14.6. The second kappa shape index (κ2) is 31.8. The number of halogens is 4. The summed E-state index contributed by atoms with van der Waals surface area (Å²) in [6.45, 7) is 7.73. The summed E-state index contributed by atoms with van der Waals surface area (Å²) in [5.41, 5.74) is 9.53. The van der Waals surface area contributed by atoms with Gasteiger partial charge in [0.05, 0.1) is 67.5 Å². The van der Waals surface area contributed by atoms with Gasteiger partial charge in [0, 0.05) is 75.3 Å². The van der Waals surface area contributed by atoms with Crippen molar-refractivity contribution in [3.63, 3.8) is 0 Å². The van der Waals surface area contributed by atoms with Crippen LogP contribution in [0.2, 0.25) is 20.1 Å². The van der Waals surface area contributed by atoms with Crippen molar-refractivity contribution in [1.29, 1.82) is 0 Å². The monoisotopic (exact) mass is 1460 g/mol. The quantitative estimate of drug-likeness (QED) is 0.0180. The number of carbonyl (C=O) groups is 1. The molecular weight excluding hydrogens is 1380 g/mol. The van der Waals surface area contributed by atoms with Gasteiger partial charge in [0.2, 0.25) is 23.5 Å². The second-order valence-electron chi connectivity index (χ2n) is 23.6. The third-order valence-electron chi connectivity index (χ3n) is 16.9. The molecule has 0 saturated carbocycles. The number of anilines is 3. The van der Waals surface area contributed by atoms with Crippen LogP contribution in [0.1, 0.15) is 108 Å². The van der Waals surface area contributed by atoms with E-state index in [9.17, 15) is 43.7 Å². The van der Waals surface area contributed by atoms with Gasteiger partial charge in [-0.15, -0.1) is 0 Å². The lowest BCUT2D eigenvalue weighted by Gasteiger charge is -2.24. The number of carbonyl (C=O) groups excluding carboxylic acids is 1. The number of benzene rings is 6. The first kappa shape index (κ1) is 72.0. The highest BCUT2D eigenvalue weighted by molar-refractivity contribution is 7.86. The number of aryl methyl sites for hydroxylation is 2. The lowest BCUT2D eigenvalue weighted by Crippen LogP contribution is -2.50. The van der Waals surface area contributed by atoms with Crippen LogP contribution in [0.15, 0.2) is 157 Å². The number of aromatic nitrogens is 3. The van der Waals surface area contributed by atoms with Gasteiger partial charge in [-0.25, -0.2) is 9.13 Å². The Morgan fingerprint density at radius 1 is 0.625 bits per heavy atom. The number of amides is 1. The van der Waals surface area contributed by atoms with Crippen molar-refractivity contribution in [3.8, 4) is 28.0 Å². The van der Waals surface area contributed by atoms with Gasteiger partial charge in [-0.1, -0.05) is 157 Å². The minimum Gasteiger partial charge on any atom is -0.439 e. The lowest BCUT2D eigenvalue weighted by atomic mass is 10.0. The van der Waals surface area contributed by atoms with Gasteiger partial charge in [-0.2, -0.15) is 29.8 Å². The van der Waals surface area contributed by atoms with Crippen molar-refractivity contribution in [2.75, 3.05) is 51.6 Å². The van der Waals surface area contributed by atoms with Crippen molar-refractivity contribution in [3.05, 3.63) is 188 Å². The fraction of sp³-hybridized carbons (Fsp3) is 0.329. The Morgan fingerprint density at radius 3 is 1.86 bits per heavy atom. The number of ether oxygens (including phenoxy) is 1. The van der Waals surface area contributed by atoms with Gasteiger partial charge in [0.25, 0.3) is 41.2 Å². The zero-order chi connectivity index (χ0) is 68.5.